The van der Waals surface area contributed by atoms with Gasteiger partial charge in [0.2, 0.25) is 0 Å². The Hall–Kier alpha value is -2.53. The van der Waals surface area contributed by atoms with Crippen molar-refractivity contribution < 1.29 is 0 Å². The fourth-order valence-electron chi connectivity index (χ4n) is 2.54. The third kappa shape index (κ3) is 2.11. The van der Waals surface area contributed by atoms with Gasteiger partial charge in [-0.15, -0.1) is 0 Å². The molecule has 2 aromatic carbocycles. The van der Waals surface area contributed by atoms with Crippen molar-refractivity contribution in [2.45, 2.75) is 12.5 Å². The van der Waals surface area contributed by atoms with E-state index in [2.05, 4.69) is 47.5 Å². The van der Waals surface area contributed by atoms with Crippen molar-refractivity contribution in [1.29, 1.82) is 5.26 Å². The largest absolute Gasteiger partial charge is 0.339 e. The summed E-state index contributed by atoms with van der Waals surface area (Å²) >= 11 is 0. The van der Waals surface area contributed by atoms with Crippen LogP contribution in [-0.4, -0.2) is 0 Å². The van der Waals surface area contributed by atoms with Gasteiger partial charge >= 0.3 is 0 Å². The lowest BCUT2D eigenvalue weighted by atomic mass is 9.94. The zero-order valence-electron chi connectivity index (χ0n) is 10.5. The van der Waals surface area contributed by atoms with E-state index in [4.69, 9.17) is 5.26 Å². The van der Waals surface area contributed by atoms with E-state index in [1.54, 1.807) is 0 Å². The number of hydrogen-bond donors (Lipinski definition) is 0. The highest BCUT2D eigenvalue weighted by Crippen LogP contribution is 2.35. The standard InChI is InChI=1S/C17H14N2/c18-12-10-17-16-9-5-4-6-14(16)11-13-19(17)15-7-2-1-3-8-15/h1-9,11,13,17H,10H2. The van der Waals surface area contributed by atoms with E-state index in [9.17, 15) is 0 Å². The van der Waals surface area contributed by atoms with E-state index in [1.807, 2.05) is 30.3 Å². The number of para-hydroxylation sites is 1. The van der Waals surface area contributed by atoms with Crippen LogP contribution in [0.3, 0.4) is 0 Å². The Morgan fingerprint density at radius 2 is 1.74 bits per heavy atom. The Morgan fingerprint density at radius 1 is 1.00 bits per heavy atom. The molecule has 92 valence electrons. The number of fused-ring (bicyclic) bond motifs is 1. The van der Waals surface area contributed by atoms with E-state index in [0.29, 0.717) is 6.42 Å². The summed E-state index contributed by atoms with van der Waals surface area (Å²) in [6, 6.07) is 20.9. The summed E-state index contributed by atoms with van der Waals surface area (Å²) in [5, 5.41) is 9.11. The van der Waals surface area contributed by atoms with Crippen molar-refractivity contribution in [3.63, 3.8) is 0 Å². The SMILES string of the molecule is N#CCC1c2ccccc2C=CN1c1ccccc1. The lowest BCUT2D eigenvalue weighted by Gasteiger charge is -2.33. The van der Waals surface area contributed by atoms with Crippen molar-refractivity contribution in [2.24, 2.45) is 0 Å². The number of rotatable bonds is 2. The highest BCUT2D eigenvalue weighted by Gasteiger charge is 2.23. The summed E-state index contributed by atoms with van der Waals surface area (Å²) in [6.07, 6.45) is 4.66. The van der Waals surface area contributed by atoms with Gasteiger partial charge in [0.25, 0.3) is 0 Å². The molecule has 0 spiro atoms. The van der Waals surface area contributed by atoms with Crippen LogP contribution >= 0.6 is 0 Å². The highest BCUT2D eigenvalue weighted by atomic mass is 15.1. The van der Waals surface area contributed by atoms with Gasteiger partial charge in [-0.1, -0.05) is 42.5 Å². The summed E-state index contributed by atoms with van der Waals surface area (Å²) in [7, 11) is 0. The van der Waals surface area contributed by atoms with Gasteiger partial charge in [0.15, 0.2) is 0 Å². The van der Waals surface area contributed by atoms with Crippen LogP contribution in [0.5, 0.6) is 0 Å². The molecule has 1 aliphatic heterocycles. The molecule has 0 saturated carbocycles. The molecule has 2 heteroatoms. The zero-order chi connectivity index (χ0) is 13.1. The molecule has 1 atom stereocenters. The smallest absolute Gasteiger partial charge is 0.0721 e. The molecule has 1 unspecified atom stereocenters. The topological polar surface area (TPSA) is 27.0 Å². The number of anilines is 1. The van der Waals surface area contributed by atoms with Crippen molar-refractivity contribution >= 4 is 11.8 Å². The van der Waals surface area contributed by atoms with Gasteiger partial charge in [-0.2, -0.15) is 5.26 Å². The maximum atomic E-state index is 9.11. The minimum Gasteiger partial charge on any atom is -0.339 e. The molecule has 0 radical (unpaired) electrons. The second-order valence-electron chi connectivity index (χ2n) is 4.57. The summed E-state index contributed by atoms with van der Waals surface area (Å²) < 4.78 is 0. The molecule has 0 bridgehead atoms. The van der Waals surface area contributed by atoms with Crippen LogP contribution in [0.4, 0.5) is 5.69 Å². The minimum absolute atomic E-state index is 0.0913. The van der Waals surface area contributed by atoms with Gasteiger partial charge in [0.1, 0.15) is 0 Å². The third-order valence-electron chi connectivity index (χ3n) is 3.44. The molecule has 2 nitrogen and oxygen atoms in total. The Morgan fingerprint density at radius 3 is 2.53 bits per heavy atom. The van der Waals surface area contributed by atoms with Crippen LogP contribution in [-0.2, 0) is 0 Å². The quantitative estimate of drug-likeness (QED) is 0.796. The third-order valence-corrected chi connectivity index (χ3v) is 3.44. The number of benzene rings is 2. The molecular weight excluding hydrogens is 232 g/mol. The minimum atomic E-state index is 0.0913. The molecule has 3 rings (SSSR count). The zero-order valence-corrected chi connectivity index (χ0v) is 10.5. The van der Waals surface area contributed by atoms with Crippen LogP contribution < -0.4 is 4.90 Å². The Balaban J connectivity index is 2.06. The highest BCUT2D eigenvalue weighted by molar-refractivity contribution is 5.66. The van der Waals surface area contributed by atoms with Crippen molar-refractivity contribution in [3.05, 3.63) is 71.9 Å². The van der Waals surface area contributed by atoms with E-state index >= 15 is 0 Å². The summed E-state index contributed by atoms with van der Waals surface area (Å²) in [5.41, 5.74) is 3.54. The number of nitriles is 1. The van der Waals surface area contributed by atoms with E-state index < -0.39 is 0 Å². The lowest BCUT2D eigenvalue weighted by molar-refractivity contribution is 0.703. The Kier molecular flexibility index (Phi) is 3.04. The molecule has 1 aliphatic rings. The molecule has 0 aromatic heterocycles. The molecule has 0 amide bonds. The van der Waals surface area contributed by atoms with E-state index in [-0.39, 0.29) is 6.04 Å². The van der Waals surface area contributed by atoms with Crippen LogP contribution in [0.25, 0.3) is 6.08 Å². The van der Waals surface area contributed by atoms with Crippen molar-refractivity contribution in [1.82, 2.24) is 0 Å². The Labute approximate surface area is 113 Å². The predicted molar refractivity (Wildman–Crippen MR) is 77.4 cm³/mol. The molecule has 2 aromatic rings. The molecule has 19 heavy (non-hydrogen) atoms. The molecule has 0 N–H and O–H groups in total. The first-order valence-corrected chi connectivity index (χ1v) is 6.37. The molecule has 0 saturated heterocycles. The first-order chi connectivity index (χ1) is 9.40. The van der Waals surface area contributed by atoms with Crippen LogP contribution in [0.1, 0.15) is 23.6 Å². The van der Waals surface area contributed by atoms with Crippen LogP contribution in [0, 0.1) is 11.3 Å². The predicted octanol–water partition coefficient (Wildman–Crippen LogP) is 4.13. The number of hydrogen-bond acceptors (Lipinski definition) is 2. The second-order valence-corrected chi connectivity index (χ2v) is 4.57. The van der Waals surface area contributed by atoms with Crippen molar-refractivity contribution in [2.75, 3.05) is 4.90 Å². The van der Waals surface area contributed by atoms with E-state index in [0.717, 1.165) is 5.69 Å². The first kappa shape index (κ1) is 11.6. The maximum Gasteiger partial charge on any atom is 0.0721 e. The monoisotopic (exact) mass is 246 g/mol. The van der Waals surface area contributed by atoms with Crippen LogP contribution in [0.2, 0.25) is 0 Å². The van der Waals surface area contributed by atoms with Crippen LogP contribution in [0.15, 0.2) is 60.8 Å². The molecule has 1 heterocycles. The molecular formula is C17H14N2. The van der Waals surface area contributed by atoms with Gasteiger partial charge in [0.05, 0.1) is 18.5 Å². The molecule has 0 fully saturated rings. The first-order valence-electron chi connectivity index (χ1n) is 6.37. The van der Waals surface area contributed by atoms with Gasteiger partial charge in [-0.25, -0.2) is 0 Å². The maximum absolute atomic E-state index is 9.11. The van der Waals surface area contributed by atoms with Gasteiger partial charge < -0.3 is 4.90 Å². The Bertz CT molecular complexity index is 638. The fraction of sp³-hybridized carbons (Fsp3) is 0.118. The molecule has 0 aliphatic carbocycles. The average molecular weight is 246 g/mol. The normalized spacial score (nSPS) is 16.8. The van der Waals surface area contributed by atoms with Crippen molar-refractivity contribution in [3.8, 4) is 6.07 Å². The van der Waals surface area contributed by atoms with Gasteiger partial charge in [-0.3, -0.25) is 0 Å². The van der Waals surface area contributed by atoms with E-state index in [1.165, 1.54) is 11.1 Å². The average Bonchev–Trinajstić information content (AvgIpc) is 2.49. The fourth-order valence-corrected chi connectivity index (χ4v) is 2.54. The summed E-state index contributed by atoms with van der Waals surface area (Å²) in [4.78, 5) is 2.17. The second kappa shape index (κ2) is 4.99. The number of nitrogens with zero attached hydrogens (tertiary/aromatic N) is 2. The lowest BCUT2D eigenvalue weighted by Crippen LogP contribution is -2.25. The summed E-state index contributed by atoms with van der Waals surface area (Å²) in [5.74, 6) is 0. The van der Waals surface area contributed by atoms with Gasteiger partial charge in [0, 0.05) is 11.9 Å². The summed E-state index contributed by atoms with van der Waals surface area (Å²) in [6.45, 7) is 0. The van der Waals surface area contributed by atoms with Gasteiger partial charge in [-0.05, 0) is 29.3 Å².